The van der Waals surface area contributed by atoms with E-state index in [4.69, 9.17) is 32.7 Å². The Bertz CT molecular complexity index is 939. The maximum atomic E-state index is 12.5. The number of carbonyl (C=O) groups excluding carboxylic acids is 1. The van der Waals surface area contributed by atoms with Gasteiger partial charge in [-0.1, -0.05) is 35.3 Å². The second-order valence-electron chi connectivity index (χ2n) is 5.73. The summed E-state index contributed by atoms with van der Waals surface area (Å²) in [4.78, 5) is 12.5. The fraction of sp³-hybridized carbons (Fsp3) is 0.200. The number of anilines is 1. The number of halogens is 2. The van der Waals surface area contributed by atoms with Crippen LogP contribution in [0.2, 0.25) is 10.0 Å². The molecular weight excluding hydrogens is 401 g/mol. The minimum Gasteiger partial charge on any atom is -0.493 e. The number of benzene rings is 2. The fourth-order valence-corrected chi connectivity index (χ4v) is 2.75. The lowest BCUT2D eigenvalue weighted by Gasteiger charge is -2.16. The van der Waals surface area contributed by atoms with Gasteiger partial charge in [0, 0.05) is 6.20 Å². The predicted octanol–water partition coefficient (Wildman–Crippen LogP) is 4.71. The minimum absolute atomic E-state index is 0.108. The Balaban J connectivity index is 2.13. The van der Waals surface area contributed by atoms with Gasteiger partial charge in [-0.15, -0.1) is 0 Å². The molecule has 0 aliphatic carbocycles. The number of nitriles is 1. The summed E-state index contributed by atoms with van der Waals surface area (Å²) >= 11 is 12.0. The maximum Gasteiger partial charge on any atom is 0.263 e. The molecule has 2 aromatic rings. The second-order valence-corrected chi connectivity index (χ2v) is 6.51. The Kier molecular flexibility index (Phi) is 7.56. The zero-order valence-electron chi connectivity index (χ0n) is 15.5. The second kappa shape index (κ2) is 9.88. The zero-order chi connectivity index (χ0) is 20.7. The lowest BCUT2D eigenvalue weighted by Crippen LogP contribution is -2.28. The van der Waals surface area contributed by atoms with Crippen LogP contribution in [0.25, 0.3) is 0 Å². The van der Waals surface area contributed by atoms with Crippen molar-refractivity contribution in [3.63, 3.8) is 0 Å². The van der Waals surface area contributed by atoms with E-state index in [0.29, 0.717) is 27.2 Å². The van der Waals surface area contributed by atoms with E-state index in [9.17, 15) is 10.1 Å². The van der Waals surface area contributed by atoms with E-state index in [1.54, 1.807) is 44.4 Å². The molecule has 0 heterocycles. The monoisotopic (exact) mass is 419 g/mol. The van der Waals surface area contributed by atoms with Crippen LogP contribution in [0.15, 0.2) is 48.2 Å². The van der Waals surface area contributed by atoms with Gasteiger partial charge in [-0.3, -0.25) is 4.79 Å². The normalized spacial score (nSPS) is 11.9. The molecule has 146 valence electrons. The van der Waals surface area contributed by atoms with E-state index >= 15 is 0 Å². The quantitative estimate of drug-likeness (QED) is 0.501. The van der Waals surface area contributed by atoms with Gasteiger partial charge >= 0.3 is 0 Å². The summed E-state index contributed by atoms with van der Waals surface area (Å²) in [5.41, 5.74) is 1.18. The molecule has 1 amide bonds. The van der Waals surface area contributed by atoms with Crippen LogP contribution in [-0.4, -0.2) is 20.1 Å². The van der Waals surface area contributed by atoms with E-state index in [1.807, 2.05) is 12.1 Å². The van der Waals surface area contributed by atoms with Crippen molar-refractivity contribution in [2.75, 3.05) is 19.5 Å². The number of nitrogens with zero attached hydrogens (tertiary/aromatic N) is 1. The molecular formula is C20H19Cl2N3O3. The van der Waals surface area contributed by atoms with Crippen molar-refractivity contribution in [3.05, 3.63) is 63.8 Å². The molecule has 0 fully saturated rings. The Hall–Kier alpha value is -2.88. The molecule has 0 aliphatic heterocycles. The van der Waals surface area contributed by atoms with Gasteiger partial charge in [0.25, 0.3) is 5.91 Å². The van der Waals surface area contributed by atoms with Gasteiger partial charge < -0.3 is 20.1 Å². The summed E-state index contributed by atoms with van der Waals surface area (Å²) in [6, 6.07) is 11.9. The fourth-order valence-electron chi connectivity index (χ4n) is 2.39. The van der Waals surface area contributed by atoms with Crippen LogP contribution in [0, 0.1) is 11.3 Å². The van der Waals surface area contributed by atoms with Crippen molar-refractivity contribution in [1.29, 1.82) is 5.26 Å². The standard InChI is InChI=1S/C20H19Cl2N3O3/c1-12(13-7-8-17(27-2)18(9-13)28-3)25-20(26)14(10-23)11-24-16-6-4-5-15(21)19(16)22/h4-9,11-12,24H,1-3H3,(H,25,26)/b14-11-. The Morgan fingerprint density at radius 1 is 1.18 bits per heavy atom. The van der Waals surface area contributed by atoms with Crippen LogP contribution in [0.3, 0.4) is 0 Å². The molecule has 6 nitrogen and oxygen atoms in total. The molecule has 0 spiro atoms. The van der Waals surface area contributed by atoms with Gasteiger partial charge in [0.2, 0.25) is 0 Å². The summed E-state index contributed by atoms with van der Waals surface area (Å²) in [5.74, 6) is 0.606. The third-order valence-electron chi connectivity index (χ3n) is 3.94. The number of hydrogen-bond donors (Lipinski definition) is 2. The van der Waals surface area contributed by atoms with E-state index < -0.39 is 5.91 Å². The molecule has 28 heavy (non-hydrogen) atoms. The summed E-state index contributed by atoms with van der Waals surface area (Å²) in [5, 5.41) is 15.6. The topological polar surface area (TPSA) is 83.4 Å². The lowest BCUT2D eigenvalue weighted by molar-refractivity contribution is -0.117. The Labute approximate surface area is 173 Å². The number of carbonyl (C=O) groups is 1. The SMILES string of the molecule is COc1ccc(C(C)NC(=O)/C(C#N)=C\Nc2cccc(Cl)c2Cl)cc1OC. The molecule has 0 bridgehead atoms. The molecule has 2 aromatic carbocycles. The molecule has 1 atom stereocenters. The van der Waals surface area contributed by atoms with Crippen LogP contribution in [0.5, 0.6) is 11.5 Å². The lowest BCUT2D eigenvalue weighted by atomic mass is 10.1. The number of nitrogens with one attached hydrogen (secondary N) is 2. The van der Waals surface area contributed by atoms with Crippen molar-refractivity contribution in [3.8, 4) is 17.6 Å². The molecule has 0 aliphatic rings. The molecule has 0 saturated heterocycles. The first-order chi connectivity index (χ1) is 13.4. The smallest absolute Gasteiger partial charge is 0.263 e. The van der Waals surface area contributed by atoms with Crippen LogP contribution in [0.1, 0.15) is 18.5 Å². The van der Waals surface area contributed by atoms with Crippen LogP contribution in [-0.2, 0) is 4.79 Å². The third-order valence-corrected chi connectivity index (χ3v) is 4.76. The summed E-state index contributed by atoms with van der Waals surface area (Å²) < 4.78 is 10.5. The first kappa shape index (κ1) is 21.4. The number of ether oxygens (including phenoxy) is 2. The van der Waals surface area contributed by atoms with Crippen LogP contribution in [0.4, 0.5) is 5.69 Å². The van der Waals surface area contributed by atoms with Crippen molar-refractivity contribution in [2.45, 2.75) is 13.0 Å². The van der Waals surface area contributed by atoms with Crippen molar-refractivity contribution in [2.24, 2.45) is 0 Å². The Morgan fingerprint density at radius 3 is 2.54 bits per heavy atom. The minimum atomic E-state index is -0.532. The predicted molar refractivity (Wildman–Crippen MR) is 110 cm³/mol. The van der Waals surface area contributed by atoms with Gasteiger partial charge in [0.05, 0.1) is 36.0 Å². The van der Waals surface area contributed by atoms with Gasteiger partial charge in [0.1, 0.15) is 11.6 Å². The maximum absolute atomic E-state index is 12.5. The van der Waals surface area contributed by atoms with Gasteiger partial charge in [-0.2, -0.15) is 5.26 Å². The molecule has 2 N–H and O–H groups in total. The number of rotatable bonds is 7. The van der Waals surface area contributed by atoms with Gasteiger partial charge in [-0.05, 0) is 36.8 Å². The largest absolute Gasteiger partial charge is 0.493 e. The van der Waals surface area contributed by atoms with Crippen molar-refractivity contribution < 1.29 is 14.3 Å². The van der Waals surface area contributed by atoms with Gasteiger partial charge in [-0.25, -0.2) is 0 Å². The van der Waals surface area contributed by atoms with E-state index in [-0.39, 0.29) is 11.6 Å². The highest BCUT2D eigenvalue weighted by Gasteiger charge is 2.16. The zero-order valence-corrected chi connectivity index (χ0v) is 17.1. The number of methoxy groups -OCH3 is 2. The Morgan fingerprint density at radius 2 is 1.89 bits per heavy atom. The van der Waals surface area contributed by atoms with Crippen LogP contribution < -0.4 is 20.1 Å². The first-order valence-electron chi connectivity index (χ1n) is 8.24. The molecule has 1 unspecified atom stereocenters. The van der Waals surface area contributed by atoms with Gasteiger partial charge in [0.15, 0.2) is 11.5 Å². The van der Waals surface area contributed by atoms with Crippen molar-refractivity contribution in [1.82, 2.24) is 5.32 Å². The summed E-state index contributed by atoms with van der Waals surface area (Å²) in [6.45, 7) is 1.80. The molecule has 0 aromatic heterocycles. The first-order valence-corrected chi connectivity index (χ1v) is 9.00. The average molecular weight is 420 g/mol. The summed E-state index contributed by atoms with van der Waals surface area (Å²) in [7, 11) is 3.08. The molecule has 8 heteroatoms. The third kappa shape index (κ3) is 5.10. The summed E-state index contributed by atoms with van der Waals surface area (Å²) in [6.07, 6.45) is 1.29. The number of amides is 1. The molecule has 2 rings (SSSR count). The highest BCUT2D eigenvalue weighted by atomic mass is 35.5. The highest BCUT2D eigenvalue weighted by molar-refractivity contribution is 6.43. The highest BCUT2D eigenvalue weighted by Crippen LogP contribution is 2.31. The van der Waals surface area contributed by atoms with Crippen molar-refractivity contribution >= 4 is 34.8 Å². The van der Waals surface area contributed by atoms with Crippen LogP contribution >= 0.6 is 23.2 Å². The van der Waals surface area contributed by atoms with E-state index in [1.165, 1.54) is 13.3 Å². The van der Waals surface area contributed by atoms with E-state index in [0.717, 1.165) is 5.56 Å². The van der Waals surface area contributed by atoms with E-state index in [2.05, 4.69) is 10.6 Å². The molecule has 0 radical (unpaired) electrons. The average Bonchev–Trinajstić information content (AvgIpc) is 2.70. The number of hydrogen-bond acceptors (Lipinski definition) is 5. The molecule has 0 saturated carbocycles.